The van der Waals surface area contributed by atoms with Gasteiger partial charge < -0.3 is 10.2 Å². The fourth-order valence-corrected chi connectivity index (χ4v) is 3.50. The van der Waals surface area contributed by atoms with Crippen molar-refractivity contribution in [3.8, 4) is 0 Å². The SMILES string of the molecule is CNC(=O)C1(C(=O)N2CCC[C@@H]2Cn2cccn2)CCC1. The van der Waals surface area contributed by atoms with Crippen molar-refractivity contribution in [2.24, 2.45) is 5.41 Å². The van der Waals surface area contributed by atoms with E-state index >= 15 is 0 Å². The van der Waals surface area contributed by atoms with Gasteiger partial charge in [0.05, 0.1) is 12.6 Å². The molecule has 1 aromatic heterocycles. The summed E-state index contributed by atoms with van der Waals surface area (Å²) in [4.78, 5) is 27.0. The summed E-state index contributed by atoms with van der Waals surface area (Å²) in [5.74, 6) is -0.105. The minimum atomic E-state index is -0.804. The zero-order valence-corrected chi connectivity index (χ0v) is 12.4. The summed E-state index contributed by atoms with van der Waals surface area (Å²) in [6.45, 7) is 1.46. The molecule has 0 bridgehead atoms. The second kappa shape index (κ2) is 5.50. The molecule has 0 unspecified atom stereocenters. The van der Waals surface area contributed by atoms with E-state index in [-0.39, 0.29) is 17.9 Å². The Morgan fingerprint density at radius 2 is 2.19 bits per heavy atom. The Morgan fingerprint density at radius 3 is 2.76 bits per heavy atom. The largest absolute Gasteiger partial charge is 0.358 e. The Hall–Kier alpha value is -1.85. The molecule has 114 valence electrons. The molecule has 2 heterocycles. The van der Waals surface area contributed by atoms with Crippen LogP contribution in [0.25, 0.3) is 0 Å². The van der Waals surface area contributed by atoms with E-state index in [0.29, 0.717) is 19.4 Å². The lowest BCUT2D eigenvalue weighted by Crippen LogP contribution is -2.57. The minimum absolute atomic E-state index is 0.0164. The predicted molar refractivity (Wildman–Crippen MR) is 77.3 cm³/mol. The highest BCUT2D eigenvalue weighted by atomic mass is 16.2. The van der Waals surface area contributed by atoms with Crippen LogP contribution < -0.4 is 5.32 Å². The van der Waals surface area contributed by atoms with Gasteiger partial charge in [-0.1, -0.05) is 6.42 Å². The molecule has 1 N–H and O–H groups in total. The quantitative estimate of drug-likeness (QED) is 0.834. The topological polar surface area (TPSA) is 67.2 Å². The van der Waals surface area contributed by atoms with Gasteiger partial charge >= 0.3 is 0 Å². The summed E-state index contributed by atoms with van der Waals surface area (Å²) >= 11 is 0. The molecule has 6 nitrogen and oxygen atoms in total. The molecule has 1 saturated carbocycles. The Balaban J connectivity index is 1.75. The molecular weight excluding hydrogens is 268 g/mol. The Morgan fingerprint density at radius 1 is 1.38 bits per heavy atom. The first kappa shape index (κ1) is 14.1. The molecule has 6 heteroatoms. The van der Waals surface area contributed by atoms with Gasteiger partial charge in [0.15, 0.2) is 0 Å². The van der Waals surface area contributed by atoms with Crippen molar-refractivity contribution < 1.29 is 9.59 Å². The van der Waals surface area contributed by atoms with Crippen LogP contribution >= 0.6 is 0 Å². The number of hydrogen-bond acceptors (Lipinski definition) is 3. The zero-order chi connectivity index (χ0) is 14.9. The highest BCUT2D eigenvalue weighted by molar-refractivity contribution is 6.06. The molecule has 3 rings (SSSR count). The molecule has 0 aromatic carbocycles. The number of hydrogen-bond donors (Lipinski definition) is 1. The maximum atomic E-state index is 12.9. The molecule has 0 spiro atoms. The van der Waals surface area contributed by atoms with Crippen LogP contribution in [0.5, 0.6) is 0 Å². The lowest BCUT2D eigenvalue weighted by atomic mass is 9.67. The first-order chi connectivity index (χ1) is 10.2. The molecule has 2 fully saturated rings. The molecular formula is C15H22N4O2. The van der Waals surface area contributed by atoms with E-state index in [9.17, 15) is 9.59 Å². The molecule has 0 radical (unpaired) electrons. The van der Waals surface area contributed by atoms with E-state index in [1.54, 1.807) is 13.2 Å². The van der Waals surface area contributed by atoms with E-state index in [1.165, 1.54) is 0 Å². The molecule has 21 heavy (non-hydrogen) atoms. The van der Waals surface area contributed by atoms with E-state index in [0.717, 1.165) is 25.8 Å². The van der Waals surface area contributed by atoms with Gasteiger partial charge in [-0.25, -0.2) is 0 Å². The lowest BCUT2D eigenvalue weighted by Gasteiger charge is -2.42. The van der Waals surface area contributed by atoms with Crippen LogP contribution in [0.2, 0.25) is 0 Å². The van der Waals surface area contributed by atoms with E-state index < -0.39 is 5.41 Å². The summed E-state index contributed by atoms with van der Waals surface area (Å²) in [6, 6.07) is 2.04. The standard InChI is InChI=1S/C15H22N4O2/c1-16-13(20)15(6-3-7-15)14(21)19-10-2-5-12(19)11-18-9-4-8-17-18/h4,8-9,12H,2-3,5-7,10-11H2,1H3,(H,16,20)/t12-/m1/s1. The van der Waals surface area contributed by atoms with Crippen LogP contribution in [0.15, 0.2) is 18.5 Å². The van der Waals surface area contributed by atoms with Gasteiger partial charge in [0.2, 0.25) is 11.8 Å². The van der Waals surface area contributed by atoms with Gasteiger partial charge in [-0.2, -0.15) is 5.10 Å². The Kier molecular flexibility index (Phi) is 3.69. The maximum Gasteiger partial charge on any atom is 0.238 e. The molecule has 2 amide bonds. The molecule has 2 aliphatic rings. The van der Waals surface area contributed by atoms with Crippen LogP contribution in [0, 0.1) is 5.41 Å². The molecule has 1 aromatic rings. The van der Waals surface area contributed by atoms with Crippen LogP contribution in [0.1, 0.15) is 32.1 Å². The average molecular weight is 290 g/mol. The van der Waals surface area contributed by atoms with Gasteiger partial charge in [0.25, 0.3) is 0 Å². The molecule has 1 saturated heterocycles. The summed E-state index contributed by atoms with van der Waals surface area (Å²) in [6.07, 6.45) is 7.96. The average Bonchev–Trinajstić information content (AvgIpc) is 3.09. The number of aromatic nitrogens is 2. The second-order valence-corrected chi connectivity index (χ2v) is 6.04. The summed E-state index contributed by atoms with van der Waals surface area (Å²) in [7, 11) is 1.61. The van der Waals surface area contributed by atoms with Gasteiger partial charge in [-0.3, -0.25) is 14.3 Å². The second-order valence-electron chi connectivity index (χ2n) is 6.04. The third-order valence-corrected chi connectivity index (χ3v) is 4.87. The Labute approximate surface area is 124 Å². The van der Waals surface area contributed by atoms with Gasteiger partial charge in [-0.05, 0) is 31.7 Å². The number of carbonyl (C=O) groups excluding carboxylic acids is 2. The highest BCUT2D eigenvalue weighted by Crippen LogP contribution is 2.44. The van der Waals surface area contributed by atoms with Crippen LogP contribution in [-0.2, 0) is 16.1 Å². The monoisotopic (exact) mass is 290 g/mol. The first-order valence-corrected chi connectivity index (χ1v) is 7.68. The van der Waals surface area contributed by atoms with Gasteiger partial charge in [0.1, 0.15) is 5.41 Å². The molecule has 1 aliphatic carbocycles. The fourth-order valence-electron chi connectivity index (χ4n) is 3.50. The van der Waals surface area contributed by atoms with Crippen LogP contribution in [0.4, 0.5) is 0 Å². The highest BCUT2D eigenvalue weighted by Gasteiger charge is 2.53. The lowest BCUT2D eigenvalue weighted by molar-refractivity contribution is -0.157. The molecule has 1 aliphatic heterocycles. The van der Waals surface area contributed by atoms with Gasteiger partial charge in [0, 0.05) is 26.0 Å². The number of carbonyl (C=O) groups is 2. The molecule has 1 atom stereocenters. The van der Waals surface area contributed by atoms with Gasteiger partial charge in [-0.15, -0.1) is 0 Å². The van der Waals surface area contributed by atoms with E-state index in [4.69, 9.17) is 0 Å². The van der Waals surface area contributed by atoms with E-state index in [1.807, 2.05) is 21.8 Å². The Bertz CT molecular complexity index is 522. The smallest absolute Gasteiger partial charge is 0.238 e. The first-order valence-electron chi connectivity index (χ1n) is 7.68. The van der Waals surface area contributed by atoms with Crippen molar-refractivity contribution in [1.82, 2.24) is 20.0 Å². The minimum Gasteiger partial charge on any atom is -0.358 e. The number of rotatable bonds is 4. The third-order valence-electron chi connectivity index (χ3n) is 4.87. The summed E-state index contributed by atoms with van der Waals surface area (Å²) in [5.41, 5.74) is -0.804. The van der Waals surface area contributed by atoms with Crippen molar-refractivity contribution in [2.45, 2.75) is 44.7 Å². The predicted octanol–water partition coefficient (Wildman–Crippen LogP) is 0.790. The van der Waals surface area contributed by atoms with Crippen molar-refractivity contribution in [3.63, 3.8) is 0 Å². The van der Waals surface area contributed by atoms with Crippen molar-refractivity contribution in [2.75, 3.05) is 13.6 Å². The number of likely N-dealkylation sites (tertiary alicyclic amines) is 1. The third kappa shape index (κ3) is 2.32. The van der Waals surface area contributed by atoms with Crippen LogP contribution in [-0.4, -0.2) is 46.1 Å². The van der Waals surface area contributed by atoms with Crippen molar-refractivity contribution in [3.05, 3.63) is 18.5 Å². The van der Waals surface area contributed by atoms with E-state index in [2.05, 4.69) is 10.4 Å². The number of nitrogens with zero attached hydrogens (tertiary/aromatic N) is 3. The fraction of sp³-hybridized carbons (Fsp3) is 0.667. The number of amides is 2. The van der Waals surface area contributed by atoms with Crippen molar-refractivity contribution in [1.29, 1.82) is 0 Å². The number of nitrogens with one attached hydrogen (secondary N) is 1. The normalized spacial score (nSPS) is 23.7. The van der Waals surface area contributed by atoms with Crippen molar-refractivity contribution >= 4 is 11.8 Å². The summed E-state index contributed by atoms with van der Waals surface area (Å²) < 4.78 is 1.86. The zero-order valence-electron chi connectivity index (χ0n) is 12.4. The van der Waals surface area contributed by atoms with Crippen LogP contribution in [0.3, 0.4) is 0 Å². The maximum absolute atomic E-state index is 12.9. The summed E-state index contributed by atoms with van der Waals surface area (Å²) in [5, 5.41) is 6.89.